The Kier molecular flexibility index (Phi) is 6.34. The third kappa shape index (κ3) is 4.67. The van der Waals surface area contributed by atoms with Gasteiger partial charge in [0.05, 0.1) is 14.2 Å². The van der Waals surface area contributed by atoms with Crippen molar-refractivity contribution in [2.75, 3.05) is 20.8 Å². The average molecular weight is 311 g/mol. The Balaban J connectivity index is 1.96. The van der Waals surface area contributed by atoms with Crippen LogP contribution in [-0.4, -0.2) is 20.8 Å². The third-order valence-corrected chi connectivity index (χ3v) is 3.38. The molecular weight excluding hydrogens is 290 g/mol. The van der Waals surface area contributed by atoms with E-state index >= 15 is 0 Å². The predicted molar refractivity (Wildman–Crippen MR) is 90.9 cm³/mol. The van der Waals surface area contributed by atoms with Crippen molar-refractivity contribution in [2.45, 2.75) is 13.1 Å². The van der Waals surface area contributed by atoms with Gasteiger partial charge in [-0.25, -0.2) is 0 Å². The van der Waals surface area contributed by atoms with Gasteiger partial charge in [0, 0.05) is 18.7 Å². The molecule has 0 saturated heterocycles. The molecule has 0 heterocycles. The number of benzene rings is 2. The summed E-state index contributed by atoms with van der Waals surface area (Å²) in [6.07, 6.45) is 5.24. The lowest BCUT2D eigenvalue weighted by atomic mass is 10.1. The van der Waals surface area contributed by atoms with Gasteiger partial charge >= 0.3 is 0 Å². The van der Waals surface area contributed by atoms with Gasteiger partial charge in [0.15, 0.2) is 11.5 Å². The number of hydrogen-bond donors (Lipinski definition) is 1. The molecule has 4 nitrogen and oxygen atoms in total. The quantitative estimate of drug-likeness (QED) is 0.761. The van der Waals surface area contributed by atoms with E-state index in [-0.39, 0.29) is 6.61 Å². The van der Waals surface area contributed by atoms with E-state index in [9.17, 15) is 0 Å². The van der Waals surface area contributed by atoms with Crippen molar-refractivity contribution in [3.05, 3.63) is 53.6 Å². The molecule has 0 saturated carbocycles. The molecule has 0 radical (unpaired) electrons. The lowest BCUT2D eigenvalue weighted by Crippen LogP contribution is -2.13. The molecule has 23 heavy (non-hydrogen) atoms. The van der Waals surface area contributed by atoms with Crippen LogP contribution in [0.1, 0.15) is 11.1 Å². The van der Waals surface area contributed by atoms with E-state index in [1.807, 2.05) is 42.5 Å². The first-order chi connectivity index (χ1) is 11.3. The van der Waals surface area contributed by atoms with Crippen LogP contribution in [0.3, 0.4) is 0 Å². The Labute approximate surface area is 137 Å². The Morgan fingerprint density at radius 1 is 0.957 bits per heavy atom. The zero-order valence-corrected chi connectivity index (χ0v) is 13.5. The number of para-hydroxylation sites is 1. The summed E-state index contributed by atoms with van der Waals surface area (Å²) in [5, 5.41) is 3.40. The van der Waals surface area contributed by atoms with Gasteiger partial charge in [-0.1, -0.05) is 30.2 Å². The minimum absolute atomic E-state index is 0.271. The Bertz CT molecular complexity index is 677. The van der Waals surface area contributed by atoms with Crippen molar-refractivity contribution in [2.24, 2.45) is 0 Å². The molecule has 120 valence electrons. The fourth-order valence-corrected chi connectivity index (χ4v) is 2.24. The van der Waals surface area contributed by atoms with Crippen LogP contribution in [-0.2, 0) is 13.1 Å². The highest BCUT2D eigenvalue weighted by Crippen LogP contribution is 2.27. The van der Waals surface area contributed by atoms with Crippen molar-refractivity contribution >= 4 is 0 Å². The molecule has 0 spiro atoms. The van der Waals surface area contributed by atoms with Gasteiger partial charge in [0.2, 0.25) is 0 Å². The first kappa shape index (κ1) is 16.7. The predicted octanol–water partition coefficient (Wildman–Crippen LogP) is 3.01. The van der Waals surface area contributed by atoms with Crippen LogP contribution in [0.2, 0.25) is 0 Å². The van der Waals surface area contributed by atoms with E-state index in [0.717, 1.165) is 28.4 Å². The molecule has 4 heteroatoms. The minimum atomic E-state index is 0.271. The Morgan fingerprint density at radius 3 is 2.48 bits per heavy atom. The number of ether oxygens (including phenoxy) is 3. The fraction of sp³-hybridized carbons (Fsp3) is 0.263. The van der Waals surface area contributed by atoms with Gasteiger partial charge in [0.25, 0.3) is 0 Å². The van der Waals surface area contributed by atoms with E-state index < -0.39 is 0 Å². The lowest BCUT2D eigenvalue weighted by molar-refractivity contribution is 0.354. The summed E-state index contributed by atoms with van der Waals surface area (Å²) in [6.45, 7) is 1.67. The van der Waals surface area contributed by atoms with Crippen LogP contribution in [0.25, 0.3) is 0 Å². The largest absolute Gasteiger partial charge is 0.493 e. The normalized spacial score (nSPS) is 9.96. The molecule has 0 aliphatic heterocycles. The maximum atomic E-state index is 5.54. The van der Waals surface area contributed by atoms with Gasteiger partial charge in [-0.2, -0.15) is 0 Å². The summed E-state index contributed by atoms with van der Waals surface area (Å²) >= 11 is 0. The molecule has 0 aromatic heterocycles. The van der Waals surface area contributed by atoms with Crippen molar-refractivity contribution in [3.63, 3.8) is 0 Å². The van der Waals surface area contributed by atoms with E-state index in [2.05, 4.69) is 11.2 Å². The lowest BCUT2D eigenvalue weighted by Gasteiger charge is -2.12. The zero-order valence-electron chi connectivity index (χ0n) is 13.5. The second kappa shape index (κ2) is 8.72. The maximum absolute atomic E-state index is 5.54. The summed E-state index contributed by atoms with van der Waals surface area (Å²) in [5.74, 6) is 4.74. The van der Waals surface area contributed by atoms with Crippen molar-refractivity contribution in [3.8, 4) is 29.6 Å². The molecule has 2 aromatic carbocycles. The van der Waals surface area contributed by atoms with Crippen LogP contribution in [0.15, 0.2) is 42.5 Å². The summed E-state index contributed by atoms with van der Waals surface area (Å²) in [4.78, 5) is 0. The maximum Gasteiger partial charge on any atom is 0.161 e. The smallest absolute Gasteiger partial charge is 0.161 e. The second-order valence-corrected chi connectivity index (χ2v) is 4.89. The molecule has 1 N–H and O–H groups in total. The average Bonchev–Trinajstić information content (AvgIpc) is 2.60. The minimum Gasteiger partial charge on any atom is -0.493 e. The second-order valence-electron chi connectivity index (χ2n) is 4.89. The Morgan fingerprint density at radius 2 is 1.74 bits per heavy atom. The number of methoxy groups -OCH3 is 2. The summed E-state index contributed by atoms with van der Waals surface area (Å²) in [6, 6.07) is 13.7. The van der Waals surface area contributed by atoms with Crippen LogP contribution in [0.4, 0.5) is 0 Å². The first-order valence-electron chi connectivity index (χ1n) is 7.34. The van der Waals surface area contributed by atoms with Crippen molar-refractivity contribution < 1.29 is 14.2 Å². The van der Waals surface area contributed by atoms with Gasteiger partial charge < -0.3 is 19.5 Å². The van der Waals surface area contributed by atoms with Crippen molar-refractivity contribution in [1.82, 2.24) is 5.32 Å². The van der Waals surface area contributed by atoms with Crippen molar-refractivity contribution in [1.29, 1.82) is 0 Å². The van der Waals surface area contributed by atoms with E-state index in [1.54, 1.807) is 14.2 Å². The molecule has 0 fully saturated rings. The van der Waals surface area contributed by atoms with Crippen LogP contribution >= 0.6 is 0 Å². The molecular formula is C19H21NO3. The summed E-state index contributed by atoms with van der Waals surface area (Å²) < 4.78 is 16.1. The molecule has 2 aromatic rings. The number of hydrogen-bond acceptors (Lipinski definition) is 4. The highest BCUT2D eigenvalue weighted by Gasteiger charge is 2.05. The highest BCUT2D eigenvalue weighted by atomic mass is 16.5. The van der Waals surface area contributed by atoms with E-state index in [4.69, 9.17) is 20.6 Å². The monoisotopic (exact) mass is 311 g/mol. The van der Waals surface area contributed by atoms with Gasteiger partial charge in [-0.05, 0) is 23.8 Å². The zero-order chi connectivity index (χ0) is 16.5. The van der Waals surface area contributed by atoms with Gasteiger partial charge in [0.1, 0.15) is 12.4 Å². The fourth-order valence-electron chi connectivity index (χ4n) is 2.24. The third-order valence-electron chi connectivity index (χ3n) is 3.38. The molecule has 0 aliphatic carbocycles. The van der Waals surface area contributed by atoms with Gasteiger partial charge in [-0.15, -0.1) is 6.42 Å². The summed E-state index contributed by atoms with van der Waals surface area (Å²) in [5.41, 5.74) is 2.19. The molecule has 0 amide bonds. The van der Waals surface area contributed by atoms with Gasteiger partial charge in [-0.3, -0.25) is 0 Å². The van der Waals surface area contributed by atoms with E-state index in [1.165, 1.54) is 0 Å². The highest BCUT2D eigenvalue weighted by molar-refractivity contribution is 5.43. The van der Waals surface area contributed by atoms with Crippen LogP contribution < -0.4 is 19.5 Å². The van der Waals surface area contributed by atoms with Crippen LogP contribution in [0, 0.1) is 12.3 Å². The SMILES string of the molecule is C#CCOc1ccccc1CNCc1ccc(OC)c(OC)c1. The first-order valence-corrected chi connectivity index (χ1v) is 7.34. The topological polar surface area (TPSA) is 39.7 Å². The molecule has 0 bridgehead atoms. The number of nitrogens with one attached hydrogen (secondary N) is 1. The Hall–Kier alpha value is -2.64. The molecule has 0 atom stereocenters. The molecule has 0 unspecified atom stereocenters. The summed E-state index contributed by atoms with van der Waals surface area (Å²) in [7, 11) is 3.26. The molecule has 0 aliphatic rings. The van der Waals surface area contributed by atoms with Crippen LogP contribution in [0.5, 0.6) is 17.2 Å². The molecule has 2 rings (SSSR count). The number of rotatable bonds is 8. The van der Waals surface area contributed by atoms with E-state index in [0.29, 0.717) is 13.1 Å². The number of terminal acetylenes is 1. The standard InChI is InChI=1S/C19H21NO3/c1-4-11-23-17-8-6-5-7-16(17)14-20-13-15-9-10-18(21-2)19(12-15)22-3/h1,5-10,12,20H,11,13-14H2,2-3H3.